The molecule has 0 amide bonds. The molecule has 0 bridgehead atoms. The third kappa shape index (κ3) is 3.85. The number of methoxy groups -OCH3 is 1. The van der Waals surface area contributed by atoms with Gasteiger partial charge in [-0.15, -0.1) is 0 Å². The Hall–Kier alpha value is -1.16. The Labute approximate surface area is 77.9 Å². The molecule has 1 aromatic heterocycles. The first-order valence-corrected chi connectivity index (χ1v) is 4.23. The van der Waals surface area contributed by atoms with Crippen LogP contribution in [0.15, 0.2) is 12.4 Å². The van der Waals surface area contributed by atoms with Crippen LogP contribution >= 0.6 is 0 Å². The lowest BCUT2D eigenvalue weighted by atomic mass is 10.5. The molecule has 0 aromatic carbocycles. The van der Waals surface area contributed by atoms with Gasteiger partial charge in [-0.25, -0.2) is 4.98 Å². The van der Waals surface area contributed by atoms with E-state index in [9.17, 15) is 0 Å². The molecule has 1 rings (SSSR count). The van der Waals surface area contributed by atoms with Crippen molar-refractivity contribution in [2.75, 3.05) is 20.3 Å². The summed E-state index contributed by atoms with van der Waals surface area (Å²) >= 11 is 0. The highest BCUT2D eigenvalue weighted by atomic mass is 16.5. The van der Waals surface area contributed by atoms with Gasteiger partial charge < -0.3 is 9.47 Å². The van der Waals surface area contributed by atoms with Gasteiger partial charge in [0.05, 0.1) is 24.7 Å². The predicted molar refractivity (Wildman–Crippen MR) is 48.8 cm³/mol. The van der Waals surface area contributed by atoms with Crippen LogP contribution in [0.2, 0.25) is 0 Å². The molecule has 0 saturated heterocycles. The molecule has 1 heterocycles. The SMILES string of the molecule is COCCCOc1cnc(C)cn1. The summed E-state index contributed by atoms with van der Waals surface area (Å²) in [5, 5.41) is 0. The Kier molecular flexibility index (Phi) is 4.18. The average molecular weight is 182 g/mol. The zero-order valence-corrected chi connectivity index (χ0v) is 7.99. The third-order valence-electron chi connectivity index (χ3n) is 1.50. The largest absolute Gasteiger partial charge is 0.476 e. The smallest absolute Gasteiger partial charge is 0.232 e. The van der Waals surface area contributed by atoms with E-state index in [4.69, 9.17) is 9.47 Å². The number of nitrogens with zero attached hydrogens (tertiary/aromatic N) is 2. The van der Waals surface area contributed by atoms with Gasteiger partial charge in [-0.3, -0.25) is 4.98 Å². The first-order valence-electron chi connectivity index (χ1n) is 4.23. The third-order valence-corrected chi connectivity index (χ3v) is 1.50. The molecular formula is C9H14N2O2. The summed E-state index contributed by atoms with van der Waals surface area (Å²) in [6.07, 6.45) is 4.18. The monoisotopic (exact) mass is 182 g/mol. The van der Waals surface area contributed by atoms with Gasteiger partial charge in [-0.2, -0.15) is 0 Å². The van der Waals surface area contributed by atoms with Crippen LogP contribution in [0, 0.1) is 6.92 Å². The van der Waals surface area contributed by atoms with Gasteiger partial charge in [-0.1, -0.05) is 0 Å². The normalized spacial score (nSPS) is 10.0. The first-order chi connectivity index (χ1) is 6.33. The summed E-state index contributed by atoms with van der Waals surface area (Å²) in [5.74, 6) is 0.571. The zero-order valence-electron chi connectivity index (χ0n) is 7.99. The van der Waals surface area contributed by atoms with Crippen LogP contribution in [0.25, 0.3) is 0 Å². The fourth-order valence-electron chi connectivity index (χ4n) is 0.835. The van der Waals surface area contributed by atoms with Crippen molar-refractivity contribution < 1.29 is 9.47 Å². The quantitative estimate of drug-likeness (QED) is 0.642. The van der Waals surface area contributed by atoms with E-state index in [0.717, 1.165) is 12.1 Å². The van der Waals surface area contributed by atoms with Crippen molar-refractivity contribution in [1.29, 1.82) is 0 Å². The van der Waals surface area contributed by atoms with Gasteiger partial charge in [0.15, 0.2) is 0 Å². The maximum atomic E-state index is 5.31. The summed E-state index contributed by atoms with van der Waals surface area (Å²) < 4.78 is 10.2. The van der Waals surface area contributed by atoms with E-state index >= 15 is 0 Å². The van der Waals surface area contributed by atoms with E-state index in [-0.39, 0.29) is 0 Å². The fraction of sp³-hybridized carbons (Fsp3) is 0.556. The highest BCUT2D eigenvalue weighted by Gasteiger charge is 1.94. The number of ether oxygens (including phenoxy) is 2. The number of hydrogen-bond donors (Lipinski definition) is 0. The maximum absolute atomic E-state index is 5.31. The van der Waals surface area contributed by atoms with Crippen molar-refractivity contribution in [3.63, 3.8) is 0 Å². The van der Waals surface area contributed by atoms with Gasteiger partial charge in [0, 0.05) is 20.1 Å². The molecule has 0 unspecified atom stereocenters. The first kappa shape index (κ1) is 9.92. The predicted octanol–water partition coefficient (Wildman–Crippen LogP) is 1.20. The van der Waals surface area contributed by atoms with Crippen molar-refractivity contribution in [3.8, 4) is 5.88 Å². The van der Waals surface area contributed by atoms with Crippen molar-refractivity contribution in [2.45, 2.75) is 13.3 Å². The molecule has 13 heavy (non-hydrogen) atoms. The van der Waals surface area contributed by atoms with Gasteiger partial charge in [0.25, 0.3) is 0 Å². The Balaban J connectivity index is 2.25. The average Bonchev–Trinajstić information content (AvgIpc) is 2.15. The molecule has 1 aromatic rings. The lowest BCUT2D eigenvalue weighted by molar-refractivity contribution is 0.170. The van der Waals surface area contributed by atoms with Crippen molar-refractivity contribution in [1.82, 2.24) is 9.97 Å². The highest BCUT2D eigenvalue weighted by Crippen LogP contribution is 2.03. The van der Waals surface area contributed by atoms with Crippen molar-refractivity contribution >= 4 is 0 Å². The van der Waals surface area contributed by atoms with Gasteiger partial charge in [-0.05, 0) is 6.92 Å². The zero-order chi connectivity index (χ0) is 9.52. The molecule has 0 saturated carbocycles. The lowest BCUT2D eigenvalue weighted by Gasteiger charge is -2.03. The molecule has 0 N–H and O–H groups in total. The number of aryl methyl sites for hydroxylation is 1. The standard InChI is InChI=1S/C9H14N2O2/c1-8-6-11-9(7-10-8)13-5-3-4-12-2/h6-7H,3-5H2,1-2H3. The van der Waals surface area contributed by atoms with Gasteiger partial charge >= 0.3 is 0 Å². The van der Waals surface area contributed by atoms with E-state index in [1.54, 1.807) is 19.5 Å². The van der Waals surface area contributed by atoms with Crippen LogP contribution in [0.3, 0.4) is 0 Å². The summed E-state index contributed by atoms with van der Waals surface area (Å²) in [4.78, 5) is 8.11. The minimum atomic E-state index is 0.571. The van der Waals surface area contributed by atoms with Crippen molar-refractivity contribution in [2.24, 2.45) is 0 Å². The number of aromatic nitrogens is 2. The Morgan fingerprint density at radius 2 is 2.08 bits per heavy atom. The molecule has 0 radical (unpaired) electrons. The summed E-state index contributed by atoms with van der Waals surface area (Å²) in [5.41, 5.74) is 0.893. The maximum Gasteiger partial charge on any atom is 0.232 e. The van der Waals surface area contributed by atoms with Crippen molar-refractivity contribution in [3.05, 3.63) is 18.1 Å². The topological polar surface area (TPSA) is 44.2 Å². The highest BCUT2D eigenvalue weighted by molar-refractivity contribution is 5.05. The Morgan fingerprint density at radius 1 is 1.23 bits per heavy atom. The second kappa shape index (κ2) is 5.48. The Morgan fingerprint density at radius 3 is 2.69 bits per heavy atom. The van der Waals surface area contributed by atoms with E-state index < -0.39 is 0 Å². The molecule has 72 valence electrons. The van der Waals surface area contributed by atoms with E-state index in [1.165, 1.54) is 0 Å². The molecule has 0 aliphatic rings. The molecule has 0 aliphatic heterocycles. The second-order valence-electron chi connectivity index (χ2n) is 2.69. The molecule has 0 atom stereocenters. The minimum Gasteiger partial charge on any atom is -0.476 e. The molecule has 0 fully saturated rings. The molecule has 0 spiro atoms. The van der Waals surface area contributed by atoms with Gasteiger partial charge in [0.1, 0.15) is 0 Å². The lowest BCUT2D eigenvalue weighted by Crippen LogP contribution is -2.02. The van der Waals surface area contributed by atoms with Crippen LogP contribution in [0.4, 0.5) is 0 Å². The summed E-state index contributed by atoms with van der Waals surface area (Å²) in [7, 11) is 1.67. The fourth-order valence-corrected chi connectivity index (χ4v) is 0.835. The van der Waals surface area contributed by atoms with Crippen LogP contribution in [0.1, 0.15) is 12.1 Å². The molecular weight excluding hydrogens is 168 g/mol. The van der Waals surface area contributed by atoms with E-state index in [0.29, 0.717) is 19.1 Å². The summed E-state index contributed by atoms with van der Waals surface area (Å²) in [6.45, 7) is 3.21. The second-order valence-corrected chi connectivity index (χ2v) is 2.69. The summed E-state index contributed by atoms with van der Waals surface area (Å²) in [6, 6.07) is 0. The van der Waals surface area contributed by atoms with Gasteiger partial charge in [0.2, 0.25) is 5.88 Å². The van der Waals surface area contributed by atoms with E-state index in [1.807, 2.05) is 6.92 Å². The number of hydrogen-bond acceptors (Lipinski definition) is 4. The Bertz CT molecular complexity index is 236. The minimum absolute atomic E-state index is 0.571. The number of rotatable bonds is 5. The molecule has 4 nitrogen and oxygen atoms in total. The van der Waals surface area contributed by atoms with Crippen LogP contribution in [-0.4, -0.2) is 30.3 Å². The molecule has 4 heteroatoms. The van der Waals surface area contributed by atoms with Crippen LogP contribution < -0.4 is 4.74 Å². The van der Waals surface area contributed by atoms with E-state index in [2.05, 4.69) is 9.97 Å². The molecule has 0 aliphatic carbocycles. The van der Waals surface area contributed by atoms with Crippen LogP contribution in [0.5, 0.6) is 5.88 Å². The van der Waals surface area contributed by atoms with Crippen LogP contribution in [-0.2, 0) is 4.74 Å².